The van der Waals surface area contributed by atoms with Crippen LogP contribution in [0.2, 0.25) is 10.0 Å². The van der Waals surface area contributed by atoms with E-state index in [4.69, 9.17) is 23.2 Å². The van der Waals surface area contributed by atoms with Crippen molar-refractivity contribution in [1.82, 2.24) is 15.2 Å². The van der Waals surface area contributed by atoms with Crippen LogP contribution < -0.4 is 0 Å². The molecule has 116 valence electrons. The molecule has 5 heteroatoms. The summed E-state index contributed by atoms with van der Waals surface area (Å²) in [7, 11) is 0. The van der Waals surface area contributed by atoms with Gasteiger partial charge in [0.25, 0.3) is 0 Å². The smallest absolute Gasteiger partial charge is 0.183 e. The summed E-state index contributed by atoms with van der Waals surface area (Å²) in [6, 6.07) is 13.4. The predicted molar refractivity (Wildman–Crippen MR) is 94.8 cm³/mol. The van der Waals surface area contributed by atoms with Gasteiger partial charge < -0.3 is 0 Å². The van der Waals surface area contributed by atoms with Gasteiger partial charge in [0.2, 0.25) is 0 Å². The normalized spacial score (nSPS) is 10.8. The number of rotatable bonds is 3. The van der Waals surface area contributed by atoms with Gasteiger partial charge in [-0.1, -0.05) is 60.0 Å². The summed E-state index contributed by atoms with van der Waals surface area (Å²) in [6.45, 7) is 4.11. The summed E-state index contributed by atoms with van der Waals surface area (Å²) in [5.41, 5.74) is 4.65. The van der Waals surface area contributed by atoms with Crippen molar-refractivity contribution in [3.8, 4) is 22.6 Å². The molecule has 0 saturated carbocycles. The Balaban J connectivity index is 2.07. The average Bonchev–Trinajstić information content (AvgIpc) is 2.55. The van der Waals surface area contributed by atoms with E-state index < -0.39 is 0 Å². The van der Waals surface area contributed by atoms with Gasteiger partial charge in [-0.05, 0) is 31.5 Å². The molecule has 2 aromatic carbocycles. The first-order valence-electron chi connectivity index (χ1n) is 7.34. The highest BCUT2D eigenvalue weighted by molar-refractivity contribution is 6.36. The van der Waals surface area contributed by atoms with E-state index in [1.54, 1.807) is 12.1 Å². The van der Waals surface area contributed by atoms with Crippen LogP contribution in [0.5, 0.6) is 0 Å². The Morgan fingerprint density at radius 1 is 0.957 bits per heavy atom. The lowest BCUT2D eigenvalue weighted by molar-refractivity contribution is 0.917. The van der Waals surface area contributed by atoms with Crippen molar-refractivity contribution in [3.05, 3.63) is 63.8 Å². The van der Waals surface area contributed by atoms with Crippen LogP contribution in [0, 0.1) is 6.92 Å². The molecule has 23 heavy (non-hydrogen) atoms. The van der Waals surface area contributed by atoms with E-state index in [2.05, 4.69) is 41.2 Å². The van der Waals surface area contributed by atoms with Crippen LogP contribution in [0.3, 0.4) is 0 Å². The van der Waals surface area contributed by atoms with Gasteiger partial charge in [-0.15, -0.1) is 10.2 Å². The minimum Gasteiger partial charge on any atom is -0.229 e. The fourth-order valence-corrected chi connectivity index (χ4v) is 2.82. The predicted octanol–water partition coefficient (Wildman–Crippen LogP) is 5.38. The molecule has 1 aromatic heterocycles. The van der Waals surface area contributed by atoms with Crippen LogP contribution in [0.4, 0.5) is 0 Å². The Bertz CT molecular complexity index is 845. The third kappa shape index (κ3) is 3.36. The molecule has 3 aromatic rings. The second-order valence-electron chi connectivity index (χ2n) is 5.27. The second kappa shape index (κ2) is 6.65. The Morgan fingerprint density at radius 2 is 1.70 bits per heavy atom. The molecule has 0 fully saturated rings. The minimum atomic E-state index is 0.513. The van der Waals surface area contributed by atoms with E-state index in [1.165, 1.54) is 5.56 Å². The zero-order valence-electron chi connectivity index (χ0n) is 12.8. The maximum Gasteiger partial charge on any atom is 0.183 e. The molecule has 0 radical (unpaired) electrons. The van der Waals surface area contributed by atoms with Gasteiger partial charge in [0.15, 0.2) is 5.82 Å². The zero-order valence-corrected chi connectivity index (χ0v) is 14.4. The maximum atomic E-state index is 6.24. The monoisotopic (exact) mass is 343 g/mol. The number of halogens is 2. The van der Waals surface area contributed by atoms with Gasteiger partial charge in [0.05, 0.1) is 10.7 Å². The molecule has 0 aliphatic rings. The number of hydrogen-bond acceptors (Lipinski definition) is 3. The van der Waals surface area contributed by atoms with Gasteiger partial charge in [-0.25, -0.2) is 4.98 Å². The summed E-state index contributed by atoms with van der Waals surface area (Å²) in [5.74, 6) is 0.513. The van der Waals surface area contributed by atoms with Crippen molar-refractivity contribution in [2.24, 2.45) is 0 Å². The van der Waals surface area contributed by atoms with Crippen LogP contribution >= 0.6 is 23.2 Å². The molecule has 0 saturated heterocycles. The van der Waals surface area contributed by atoms with E-state index in [0.29, 0.717) is 15.9 Å². The van der Waals surface area contributed by atoms with Crippen molar-refractivity contribution >= 4 is 23.2 Å². The molecule has 0 aliphatic heterocycles. The first kappa shape index (κ1) is 15.9. The van der Waals surface area contributed by atoms with E-state index in [9.17, 15) is 0 Å². The summed E-state index contributed by atoms with van der Waals surface area (Å²) in [6.07, 6.45) is 0.761. The molecule has 0 spiro atoms. The quantitative estimate of drug-likeness (QED) is 0.640. The molecule has 3 rings (SSSR count). The molecule has 1 heterocycles. The topological polar surface area (TPSA) is 38.7 Å². The Labute approximate surface area is 145 Å². The number of hydrogen-bond donors (Lipinski definition) is 0. The van der Waals surface area contributed by atoms with Gasteiger partial charge in [-0.3, -0.25) is 0 Å². The Kier molecular flexibility index (Phi) is 4.60. The van der Waals surface area contributed by atoms with Crippen molar-refractivity contribution in [1.29, 1.82) is 0 Å². The van der Waals surface area contributed by atoms with Crippen LogP contribution in [0.1, 0.15) is 18.2 Å². The standard InChI is InChI=1S/C18H15Cl2N3/c1-3-16-17(12-6-4-11(2)5-7-12)22-23-18(21-16)14-9-8-13(19)10-15(14)20/h4-10H,3H2,1-2H3. The minimum absolute atomic E-state index is 0.513. The molecule has 0 amide bonds. The zero-order chi connectivity index (χ0) is 16.4. The summed E-state index contributed by atoms with van der Waals surface area (Å²) in [5, 5.41) is 9.74. The number of nitrogens with zero attached hydrogens (tertiary/aromatic N) is 3. The van der Waals surface area contributed by atoms with E-state index >= 15 is 0 Å². The lowest BCUT2D eigenvalue weighted by Crippen LogP contribution is -2.02. The molecule has 0 N–H and O–H groups in total. The van der Waals surface area contributed by atoms with E-state index in [1.807, 2.05) is 18.2 Å². The van der Waals surface area contributed by atoms with Crippen molar-refractivity contribution in [2.45, 2.75) is 20.3 Å². The first-order chi connectivity index (χ1) is 11.1. The van der Waals surface area contributed by atoms with Gasteiger partial charge >= 0.3 is 0 Å². The highest BCUT2D eigenvalue weighted by Gasteiger charge is 2.13. The van der Waals surface area contributed by atoms with Crippen LogP contribution in [0.15, 0.2) is 42.5 Å². The van der Waals surface area contributed by atoms with Crippen molar-refractivity contribution < 1.29 is 0 Å². The highest BCUT2D eigenvalue weighted by Crippen LogP contribution is 2.29. The van der Waals surface area contributed by atoms with Crippen molar-refractivity contribution in [3.63, 3.8) is 0 Å². The average molecular weight is 344 g/mol. The van der Waals surface area contributed by atoms with Gasteiger partial charge in [0.1, 0.15) is 5.69 Å². The highest BCUT2D eigenvalue weighted by atomic mass is 35.5. The summed E-state index contributed by atoms with van der Waals surface area (Å²) < 4.78 is 0. The molecule has 3 nitrogen and oxygen atoms in total. The Hall–Kier alpha value is -1.97. The molecule has 0 aliphatic carbocycles. The SMILES string of the molecule is CCc1nc(-c2ccc(Cl)cc2Cl)nnc1-c1ccc(C)cc1. The lowest BCUT2D eigenvalue weighted by Gasteiger charge is -2.09. The molecular weight excluding hydrogens is 329 g/mol. The third-order valence-electron chi connectivity index (χ3n) is 3.59. The molecule has 0 unspecified atom stereocenters. The lowest BCUT2D eigenvalue weighted by atomic mass is 10.1. The largest absolute Gasteiger partial charge is 0.229 e. The van der Waals surface area contributed by atoms with Crippen LogP contribution in [0.25, 0.3) is 22.6 Å². The number of aromatic nitrogens is 3. The molecule has 0 atom stereocenters. The van der Waals surface area contributed by atoms with Crippen molar-refractivity contribution in [2.75, 3.05) is 0 Å². The van der Waals surface area contributed by atoms with Crippen LogP contribution in [-0.2, 0) is 6.42 Å². The number of benzene rings is 2. The van der Waals surface area contributed by atoms with Gasteiger partial charge in [0, 0.05) is 16.1 Å². The summed E-state index contributed by atoms with van der Waals surface area (Å²) >= 11 is 12.2. The van der Waals surface area contributed by atoms with E-state index in [0.717, 1.165) is 28.9 Å². The second-order valence-corrected chi connectivity index (χ2v) is 6.12. The van der Waals surface area contributed by atoms with Crippen LogP contribution in [-0.4, -0.2) is 15.2 Å². The Morgan fingerprint density at radius 3 is 2.35 bits per heavy atom. The number of aryl methyl sites for hydroxylation is 2. The molecular formula is C18H15Cl2N3. The first-order valence-corrected chi connectivity index (χ1v) is 8.10. The fourth-order valence-electron chi connectivity index (χ4n) is 2.33. The molecule has 0 bridgehead atoms. The fraction of sp³-hybridized carbons (Fsp3) is 0.167. The van der Waals surface area contributed by atoms with Gasteiger partial charge in [-0.2, -0.15) is 0 Å². The maximum absolute atomic E-state index is 6.24. The third-order valence-corrected chi connectivity index (χ3v) is 4.14. The van der Waals surface area contributed by atoms with E-state index in [-0.39, 0.29) is 0 Å². The summed E-state index contributed by atoms with van der Waals surface area (Å²) in [4.78, 5) is 4.65.